The van der Waals surface area contributed by atoms with Crippen LogP contribution in [-0.2, 0) is 19.3 Å². The van der Waals surface area contributed by atoms with Crippen molar-refractivity contribution in [3.05, 3.63) is 47.0 Å². The zero-order valence-electron chi connectivity index (χ0n) is 12.1. The largest absolute Gasteiger partial charge is 0.322 e. The molecule has 0 aliphatic carbocycles. The monoisotopic (exact) mass is 309 g/mol. The van der Waals surface area contributed by atoms with Crippen LogP contribution in [0.25, 0.3) is 0 Å². The summed E-state index contributed by atoms with van der Waals surface area (Å²) in [6, 6.07) is 9.11. The SMILES string of the molecule is CC(C)NCc1cccc(SCc2ncc(Cl)n2C)c1. The number of nitrogens with zero attached hydrogens (tertiary/aromatic N) is 2. The van der Waals surface area contributed by atoms with E-state index >= 15 is 0 Å². The summed E-state index contributed by atoms with van der Waals surface area (Å²) in [5.41, 5.74) is 1.31. The van der Waals surface area contributed by atoms with Crippen LogP contribution in [0.2, 0.25) is 5.15 Å². The summed E-state index contributed by atoms with van der Waals surface area (Å²) in [5.74, 6) is 1.82. The Balaban J connectivity index is 1.96. The van der Waals surface area contributed by atoms with Crippen LogP contribution in [0.1, 0.15) is 25.2 Å². The minimum Gasteiger partial charge on any atom is -0.322 e. The van der Waals surface area contributed by atoms with E-state index in [0.717, 1.165) is 18.1 Å². The van der Waals surface area contributed by atoms with Crippen LogP contribution in [-0.4, -0.2) is 15.6 Å². The molecule has 0 saturated heterocycles. The van der Waals surface area contributed by atoms with Gasteiger partial charge in [0.15, 0.2) is 0 Å². The highest BCUT2D eigenvalue weighted by molar-refractivity contribution is 7.98. The number of halogens is 1. The van der Waals surface area contributed by atoms with Crippen molar-refractivity contribution in [2.75, 3.05) is 0 Å². The van der Waals surface area contributed by atoms with Gasteiger partial charge in [-0.15, -0.1) is 11.8 Å². The molecule has 0 atom stereocenters. The third-order valence-corrected chi connectivity index (χ3v) is 4.35. The first-order valence-electron chi connectivity index (χ1n) is 6.67. The van der Waals surface area contributed by atoms with E-state index in [4.69, 9.17) is 11.6 Å². The van der Waals surface area contributed by atoms with E-state index in [2.05, 4.69) is 48.4 Å². The van der Waals surface area contributed by atoms with Gasteiger partial charge >= 0.3 is 0 Å². The summed E-state index contributed by atoms with van der Waals surface area (Å²) < 4.78 is 1.92. The Morgan fingerprint density at radius 1 is 1.40 bits per heavy atom. The van der Waals surface area contributed by atoms with Crippen LogP contribution >= 0.6 is 23.4 Å². The molecule has 20 heavy (non-hydrogen) atoms. The fourth-order valence-electron chi connectivity index (χ4n) is 1.77. The number of imidazole rings is 1. The Morgan fingerprint density at radius 2 is 2.20 bits per heavy atom. The molecule has 2 aromatic rings. The maximum atomic E-state index is 5.99. The lowest BCUT2D eigenvalue weighted by atomic mass is 10.2. The fourth-order valence-corrected chi connectivity index (χ4v) is 2.89. The topological polar surface area (TPSA) is 29.9 Å². The van der Waals surface area contributed by atoms with Crippen molar-refractivity contribution in [3.63, 3.8) is 0 Å². The predicted octanol–water partition coefficient (Wildman–Crippen LogP) is 3.86. The Labute approximate surface area is 129 Å². The van der Waals surface area contributed by atoms with Crippen molar-refractivity contribution in [1.82, 2.24) is 14.9 Å². The lowest BCUT2D eigenvalue weighted by Gasteiger charge is -2.09. The van der Waals surface area contributed by atoms with Gasteiger partial charge in [-0.05, 0) is 17.7 Å². The number of thioether (sulfide) groups is 1. The second kappa shape index (κ2) is 7.16. The summed E-state index contributed by atoms with van der Waals surface area (Å²) in [6.07, 6.45) is 1.69. The fraction of sp³-hybridized carbons (Fsp3) is 0.400. The maximum Gasteiger partial charge on any atom is 0.128 e. The first kappa shape index (κ1) is 15.4. The summed E-state index contributed by atoms with van der Waals surface area (Å²) in [6.45, 7) is 5.22. The average molecular weight is 310 g/mol. The zero-order chi connectivity index (χ0) is 14.5. The minimum atomic E-state index is 0.501. The van der Waals surface area contributed by atoms with Crippen molar-refractivity contribution >= 4 is 23.4 Å². The Kier molecular flexibility index (Phi) is 5.52. The van der Waals surface area contributed by atoms with Gasteiger partial charge in [0.05, 0.1) is 11.9 Å². The van der Waals surface area contributed by atoms with Gasteiger partial charge in [0.1, 0.15) is 11.0 Å². The van der Waals surface area contributed by atoms with Crippen molar-refractivity contribution in [2.24, 2.45) is 7.05 Å². The van der Waals surface area contributed by atoms with Crippen molar-refractivity contribution in [2.45, 2.75) is 37.1 Å². The minimum absolute atomic E-state index is 0.501. The molecular weight excluding hydrogens is 290 g/mol. The molecule has 0 fully saturated rings. The van der Waals surface area contributed by atoms with Crippen LogP contribution in [0.3, 0.4) is 0 Å². The second-order valence-electron chi connectivity index (χ2n) is 5.03. The molecule has 108 valence electrons. The number of hydrogen-bond acceptors (Lipinski definition) is 3. The van der Waals surface area contributed by atoms with Crippen LogP contribution in [0, 0.1) is 0 Å². The van der Waals surface area contributed by atoms with Gasteiger partial charge in [0.25, 0.3) is 0 Å². The van der Waals surface area contributed by atoms with Crippen molar-refractivity contribution in [1.29, 1.82) is 0 Å². The quantitative estimate of drug-likeness (QED) is 0.822. The molecular formula is C15H20ClN3S. The Hall–Kier alpha value is -0.970. The molecule has 0 unspecified atom stereocenters. The van der Waals surface area contributed by atoms with Gasteiger partial charge in [0.2, 0.25) is 0 Å². The van der Waals surface area contributed by atoms with Crippen LogP contribution in [0.5, 0.6) is 0 Å². The van der Waals surface area contributed by atoms with Gasteiger partial charge in [0, 0.05) is 24.5 Å². The van der Waals surface area contributed by atoms with Gasteiger partial charge in [-0.1, -0.05) is 37.6 Å². The predicted molar refractivity (Wildman–Crippen MR) is 86.2 cm³/mol. The normalized spacial score (nSPS) is 11.2. The summed E-state index contributed by atoms with van der Waals surface area (Å²) >= 11 is 7.77. The van der Waals surface area contributed by atoms with E-state index in [0.29, 0.717) is 11.2 Å². The molecule has 1 aromatic heterocycles. The van der Waals surface area contributed by atoms with E-state index in [9.17, 15) is 0 Å². The molecule has 0 radical (unpaired) electrons. The molecule has 1 N–H and O–H groups in total. The standard InChI is InChI=1S/C15H20ClN3S/c1-11(2)17-8-12-5-4-6-13(7-12)20-10-15-18-9-14(16)19(15)3/h4-7,9,11,17H,8,10H2,1-3H3. The van der Waals surface area contributed by atoms with E-state index < -0.39 is 0 Å². The summed E-state index contributed by atoms with van der Waals surface area (Å²) in [7, 11) is 1.94. The molecule has 0 aliphatic heterocycles. The molecule has 1 aromatic carbocycles. The summed E-state index contributed by atoms with van der Waals surface area (Å²) in [5, 5.41) is 4.11. The van der Waals surface area contributed by atoms with Gasteiger partial charge in [-0.2, -0.15) is 0 Å². The van der Waals surface area contributed by atoms with Crippen molar-refractivity contribution < 1.29 is 0 Å². The molecule has 0 amide bonds. The molecule has 1 heterocycles. The van der Waals surface area contributed by atoms with Gasteiger partial charge in [-0.3, -0.25) is 0 Å². The van der Waals surface area contributed by atoms with Crippen LogP contribution in [0.15, 0.2) is 35.4 Å². The first-order chi connectivity index (χ1) is 9.56. The third-order valence-electron chi connectivity index (χ3n) is 3.01. The smallest absolute Gasteiger partial charge is 0.128 e. The van der Waals surface area contributed by atoms with Gasteiger partial charge in [-0.25, -0.2) is 4.98 Å². The van der Waals surface area contributed by atoms with Crippen LogP contribution < -0.4 is 5.32 Å². The Bertz CT molecular complexity index is 566. The number of nitrogens with one attached hydrogen (secondary N) is 1. The highest BCUT2D eigenvalue weighted by atomic mass is 35.5. The number of rotatable bonds is 6. The van der Waals surface area contributed by atoms with Crippen molar-refractivity contribution in [3.8, 4) is 0 Å². The first-order valence-corrected chi connectivity index (χ1v) is 8.04. The molecule has 5 heteroatoms. The Morgan fingerprint density at radius 3 is 2.85 bits per heavy atom. The van der Waals surface area contributed by atoms with E-state index in [1.165, 1.54) is 10.5 Å². The van der Waals surface area contributed by atoms with E-state index in [-0.39, 0.29) is 0 Å². The molecule has 0 saturated carbocycles. The molecule has 2 rings (SSSR count). The summed E-state index contributed by atoms with van der Waals surface area (Å²) in [4.78, 5) is 5.57. The molecule has 3 nitrogen and oxygen atoms in total. The van der Waals surface area contributed by atoms with E-state index in [1.54, 1.807) is 18.0 Å². The second-order valence-corrected chi connectivity index (χ2v) is 6.46. The number of hydrogen-bond donors (Lipinski definition) is 1. The molecule has 0 spiro atoms. The molecule has 0 bridgehead atoms. The average Bonchev–Trinajstić information content (AvgIpc) is 2.75. The van der Waals surface area contributed by atoms with E-state index in [1.807, 2.05) is 11.6 Å². The molecule has 0 aliphatic rings. The van der Waals surface area contributed by atoms with Crippen LogP contribution in [0.4, 0.5) is 0 Å². The number of aromatic nitrogens is 2. The lowest BCUT2D eigenvalue weighted by Crippen LogP contribution is -2.21. The lowest BCUT2D eigenvalue weighted by molar-refractivity contribution is 0.588. The maximum absolute atomic E-state index is 5.99. The zero-order valence-corrected chi connectivity index (χ0v) is 13.6. The third kappa shape index (κ3) is 4.27. The number of benzene rings is 1. The highest BCUT2D eigenvalue weighted by Gasteiger charge is 2.05. The van der Waals surface area contributed by atoms with Gasteiger partial charge < -0.3 is 9.88 Å². The highest BCUT2D eigenvalue weighted by Crippen LogP contribution is 2.24.